The Morgan fingerprint density at radius 1 is 1.06 bits per heavy atom. The van der Waals surface area contributed by atoms with Gasteiger partial charge in [-0.15, -0.1) is 0 Å². The summed E-state index contributed by atoms with van der Waals surface area (Å²) in [6.45, 7) is 0.683. The van der Waals surface area contributed by atoms with Crippen LogP contribution in [0.5, 0.6) is 0 Å². The number of alkyl halides is 2. The number of halogens is 3. The molecule has 0 spiro atoms. The molecule has 0 bridgehead atoms. The van der Waals surface area contributed by atoms with E-state index in [4.69, 9.17) is 0 Å². The van der Waals surface area contributed by atoms with Crippen molar-refractivity contribution in [1.82, 2.24) is 4.57 Å². The minimum atomic E-state index is -3.26. The molecule has 1 heterocycles. The van der Waals surface area contributed by atoms with Gasteiger partial charge in [-0.25, -0.2) is 13.2 Å². The van der Waals surface area contributed by atoms with Gasteiger partial charge in [-0.1, -0.05) is 18.2 Å². The van der Waals surface area contributed by atoms with E-state index in [0.29, 0.717) is 35.2 Å². The van der Waals surface area contributed by atoms with Gasteiger partial charge in [0.1, 0.15) is 5.82 Å². The Bertz CT molecular complexity index is 1270. The van der Waals surface area contributed by atoms with Gasteiger partial charge < -0.3 is 4.57 Å². The SMILES string of the molecule is CC(F)(F)c1cc(CC2CCC2C(=O)c2cccc3c(=O)n(C4CC4)ccc23)ccc1F. The average molecular weight is 439 g/mol. The molecule has 0 amide bonds. The summed E-state index contributed by atoms with van der Waals surface area (Å²) < 4.78 is 43.0. The molecule has 3 nitrogen and oxygen atoms in total. The number of nitrogens with zero attached hydrogens (tertiary/aromatic N) is 1. The van der Waals surface area contributed by atoms with Gasteiger partial charge in [-0.2, -0.15) is 0 Å². The van der Waals surface area contributed by atoms with Crippen molar-refractivity contribution in [2.24, 2.45) is 11.8 Å². The third-order valence-electron chi connectivity index (χ3n) is 6.93. The summed E-state index contributed by atoms with van der Waals surface area (Å²) in [7, 11) is 0. The number of Topliss-reactive ketones (excluding diaryl/α,β-unsaturated/α-hetero) is 1. The van der Waals surface area contributed by atoms with E-state index in [1.54, 1.807) is 29.0 Å². The molecule has 2 atom stereocenters. The fraction of sp³-hybridized carbons (Fsp3) is 0.385. The third kappa shape index (κ3) is 3.65. The van der Waals surface area contributed by atoms with E-state index in [9.17, 15) is 22.8 Å². The van der Waals surface area contributed by atoms with Crippen molar-refractivity contribution in [2.75, 3.05) is 0 Å². The summed E-state index contributed by atoms with van der Waals surface area (Å²) in [5, 5.41) is 1.22. The Kier molecular flexibility index (Phi) is 4.99. The number of hydrogen-bond donors (Lipinski definition) is 0. The lowest BCUT2D eigenvalue weighted by atomic mass is 9.67. The van der Waals surface area contributed by atoms with E-state index in [2.05, 4.69) is 0 Å². The fourth-order valence-electron chi connectivity index (χ4n) is 4.84. The van der Waals surface area contributed by atoms with Crippen molar-refractivity contribution in [3.8, 4) is 0 Å². The standard InChI is InChI=1S/C26H24F3NO2/c1-26(28,29)22-14-15(5-10-23(22)27)13-16-6-9-18(16)24(31)20-3-2-4-21-19(20)11-12-30(25(21)32)17-7-8-17/h2-5,10-12,14,16-18H,6-9,13H2,1H3. The molecule has 2 fully saturated rings. The molecule has 2 aromatic carbocycles. The molecule has 5 rings (SSSR count). The molecular formula is C26H24F3NO2. The van der Waals surface area contributed by atoms with Crippen LogP contribution < -0.4 is 5.56 Å². The Morgan fingerprint density at radius 2 is 1.84 bits per heavy atom. The van der Waals surface area contributed by atoms with Crippen LogP contribution in [0.3, 0.4) is 0 Å². The van der Waals surface area contributed by atoms with E-state index in [0.717, 1.165) is 31.7 Å². The molecular weight excluding hydrogens is 415 g/mol. The van der Waals surface area contributed by atoms with Crippen LogP contribution in [0.25, 0.3) is 10.8 Å². The van der Waals surface area contributed by atoms with Gasteiger partial charge in [0.15, 0.2) is 5.78 Å². The van der Waals surface area contributed by atoms with Crippen molar-refractivity contribution >= 4 is 16.6 Å². The number of carbonyl (C=O) groups is 1. The van der Waals surface area contributed by atoms with Gasteiger partial charge in [0.2, 0.25) is 0 Å². The molecule has 166 valence electrons. The van der Waals surface area contributed by atoms with Crippen LogP contribution in [0.4, 0.5) is 13.2 Å². The first-order valence-corrected chi connectivity index (χ1v) is 11.1. The zero-order valence-electron chi connectivity index (χ0n) is 17.8. The highest BCUT2D eigenvalue weighted by atomic mass is 19.3. The second-order valence-electron chi connectivity index (χ2n) is 9.24. The molecule has 0 N–H and O–H groups in total. The van der Waals surface area contributed by atoms with Gasteiger partial charge in [0.05, 0.1) is 5.56 Å². The first-order chi connectivity index (χ1) is 15.2. The molecule has 0 saturated heterocycles. The second kappa shape index (κ2) is 7.61. The number of fused-ring (bicyclic) bond motifs is 1. The lowest BCUT2D eigenvalue weighted by molar-refractivity contribution is 0.0136. The summed E-state index contributed by atoms with van der Waals surface area (Å²) in [6, 6.07) is 11.2. The van der Waals surface area contributed by atoms with E-state index in [1.165, 1.54) is 12.1 Å². The molecule has 2 unspecified atom stereocenters. The molecule has 2 saturated carbocycles. The molecule has 2 aliphatic carbocycles. The Hall–Kier alpha value is -2.89. The van der Waals surface area contributed by atoms with Gasteiger partial charge in [0, 0.05) is 36.0 Å². The number of hydrogen-bond acceptors (Lipinski definition) is 2. The summed E-state index contributed by atoms with van der Waals surface area (Å²) in [6.07, 6.45) is 5.76. The largest absolute Gasteiger partial charge is 0.312 e. The number of aromatic nitrogens is 1. The smallest absolute Gasteiger partial charge is 0.273 e. The lowest BCUT2D eigenvalue weighted by Crippen LogP contribution is -2.34. The summed E-state index contributed by atoms with van der Waals surface area (Å²) in [5.74, 6) is -4.42. The summed E-state index contributed by atoms with van der Waals surface area (Å²) in [4.78, 5) is 26.2. The van der Waals surface area contributed by atoms with Gasteiger partial charge in [-0.3, -0.25) is 9.59 Å². The lowest BCUT2D eigenvalue weighted by Gasteiger charge is -2.36. The van der Waals surface area contributed by atoms with E-state index < -0.39 is 17.3 Å². The van der Waals surface area contributed by atoms with Crippen LogP contribution >= 0.6 is 0 Å². The topological polar surface area (TPSA) is 39.1 Å². The van der Waals surface area contributed by atoms with E-state index in [1.807, 2.05) is 6.07 Å². The van der Waals surface area contributed by atoms with E-state index in [-0.39, 0.29) is 29.2 Å². The Balaban J connectivity index is 1.41. The number of ketones is 1. The molecule has 1 aromatic heterocycles. The van der Waals surface area contributed by atoms with Gasteiger partial charge >= 0.3 is 0 Å². The number of carbonyl (C=O) groups excluding carboxylic acids is 1. The maximum absolute atomic E-state index is 13.8. The highest BCUT2D eigenvalue weighted by Crippen LogP contribution is 2.41. The molecule has 32 heavy (non-hydrogen) atoms. The van der Waals surface area contributed by atoms with Crippen LogP contribution in [0.15, 0.2) is 53.5 Å². The van der Waals surface area contributed by atoms with E-state index >= 15 is 0 Å². The van der Waals surface area contributed by atoms with Crippen LogP contribution in [0, 0.1) is 17.7 Å². The Labute approximate surface area is 183 Å². The first kappa shape index (κ1) is 21.0. The molecule has 3 aromatic rings. The molecule has 0 radical (unpaired) electrons. The summed E-state index contributed by atoms with van der Waals surface area (Å²) in [5.41, 5.74) is 0.468. The molecule has 0 aliphatic heterocycles. The van der Waals surface area contributed by atoms with Crippen molar-refractivity contribution in [3.63, 3.8) is 0 Å². The fourth-order valence-corrected chi connectivity index (χ4v) is 4.84. The van der Waals surface area contributed by atoms with Gasteiger partial charge in [0.25, 0.3) is 11.5 Å². The minimum Gasteiger partial charge on any atom is -0.312 e. The van der Waals surface area contributed by atoms with Crippen LogP contribution in [-0.2, 0) is 12.3 Å². The van der Waals surface area contributed by atoms with Crippen LogP contribution in [0.2, 0.25) is 0 Å². The second-order valence-corrected chi connectivity index (χ2v) is 9.24. The van der Waals surface area contributed by atoms with Crippen LogP contribution in [0.1, 0.15) is 60.1 Å². The third-order valence-corrected chi connectivity index (χ3v) is 6.93. The number of pyridine rings is 1. The summed E-state index contributed by atoms with van der Waals surface area (Å²) >= 11 is 0. The maximum atomic E-state index is 13.8. The normalized spacial score (nSPS) is 20.9. The van der Waals surface area contributed by atoms with Crippen LogP contribution in [-0.4, -0.2) is 10.4 Å². The van der Waals surface area contributed by atoms with Crippen molar-refractivity contribution < 1.29 is 18.0 Å². The van der Waals surface area contributed by atoms with Crippen molar-refractivity contribution in [2.45, 2.75) is 51.0 Å². The zero-order valence-corrected chi connectivity index (χ0v) is 17.8. The number of benzene rings is 2. The quantitative estimate of drug-likeness (QED) is 0.440. The monoisotopic (exact) mass is 439 g/mol. The Morgan fingerprint density at radius 3 is 2.50 bits per heavy atom. The first-order valence-electron chi connectivity index (χ1n) is 11.1. The molecule has 6 heteroatoms. The highest BCUT2D eigenvalue weighted by Gasteiger charge is 2.38. The predicted octanol–water partition coefficient (Wildman–Crippen LogP) is 6.04. The zero-order chi connectivity index (χ0) is 22.6. The highest BCUT2D eigenvalue weighted by molar-refractivity contribution is 6.09. The van der Waals surface area contributed by atoms with Crippen molar-refractivity contribution in [3.05, 3.63) is 81.5 Å². The van der Waals surface area contributed by atoms with Crippen molar-refractivity contribution in [1.29, 1.82) is 0 Å². The van der Waals surface area contributed by atoms with Gasteiger partial charge in [-0.05, 0) is 73.2 Å². The number of rotatable bonds is 6. The molecule has 2 aliphatic rings. The average Bonchev–Trinajstić information content (AvgIpc) is 3.56. The predicted molar refractivity (Wildman–Crippen MR) is 117 cm³/mol. The maximum Gasteiger partial charge on any atom is 0.273 e. The minimum absolute atomic E-state index is 0.00776.